The van der Waals surface area contributed by atoms with E-state index in [1.165, 1.54) is 42.5 Å². The van der Waals surface area contributed by atoms with E-state index < -0.39 is 29.3 Å². The number of hydrogen-bond acceptors (Lipinski definition) is 5. The monoisotopic (exact) mass is 361 g/mol. The van der Waals surface area contributed by atoms with Crippen molar-refractivity contribution >= 4 is 17.8 Å². The summed E-state index contributed by atoms with van der Waals surface area (Å²) in [4.78, 5) is 40.8. The van der Waals surface area contributed by atoms with Crippen molar-refractivity contribution < 1.29 is 32.7 Å². The highest BCUT2D eigenvalue weighted by molar-refractivity contribution is 6.20. The molecule has 0 bridgehead atoms. The number of fused-ring (bicyclic) bond motifs is 1. The zero-order valence-corrected chi connectivity index (χ0v) is 13.6. The van der Waals surface area contributed by atoms with Crippen LogP contribution in [0.3, 0.4) is 0 Å². The number of alkyl halides is 2. The summed E-state index contributed by atoms with van der Waals surface area (Å²) in [6.07, 6.45) is 0. The predicted molar refractivity (Wildman–Crippen MR) is 84.5 cm³/mol. The van der Waals surface area contributed by atoms with Gasteiger partial charge in [0.25, 0.3) is 11.8 Å². The Labute approximate surface area is 146 Å². The maximum atomic E-state index is 14.6. The summed E-state index contributed by atoms with van der Waals surface area (Å²) >= 11 is 0. The molecular weight excluding hydrogens is 348 g/mol. The number of nitrogens with zero attached hydrogens (tertiary/aromatic N) is 1. The first-order chi connectivity index (χ1) is 12.4. The molecule has 0 fully saturated rings. The zero-order valence-electron chi connectivity index (χ0n) is 13.6. The second kappa shape index (κ2) is 6.55. The summed E-state index contributed by atoms with van der Waals surface area (Å²) in [5.41, 5.74) is -0.768. The van der Waals surface area contributed by atoms with E-state index in [9.17, 15) is 23.2 Å². The summed E-state index contributed by atoms with van der Waals surface area (Å²) in [6, 6.07) is 10.8. The van der Waals surface area contributed by atoms with Crippen LogP contribution in [0.15, 0.2) is 48.5 Å². The lowest BCUT2D eigenvalue weighted by Crippen LogP contribution is -2.39. The standard InChI is InChI=1S/C18H13F2NO5/c1-2-25-14-10-6-5-9-13(14)18(19,20)17(24)26-21-15(22)11-7-3-4-8-12(11)16(21)23/h3-10H,2H2,1H3. The third-order valence-corrected chi connectivity index (χ3v) is 3.71. The molecule has 6 nitrogen and oxygen atoms in total. The van der Waals surface area contributed by atoms with Gasteiger partial charge in [0, 0.05) is 0 Å². The van der Waals surface area contributed by atoms with Gasteiger partial charge in [-0.3, -0.25) is 9.59 Å². The molecule has 26 heavy (non-hydrogen) atoms. The first kappa shape index (κ1) is 17.5. The Morgan fingerprint density at radius 3 is 2.12 bits per heavy atom. The van der Waals surface area contributed by atoms with Crippen LogP contribution in [0, 0.1) is 0 Å². The number of para-hydroxylation sites is 1. The number of amides is 2. The zero-order chi connectivity index (χ0) is 18.9. The van der Waals surface area contributed by atoms with E-state index in [0.717, 1.165) is 6.07 Å². The molecule has 0 radical (unpaired) electrons. The number of halogens is 2. The highest BCUT2D eigenvalue weighted by atomic mass is 19.3. The minimum absolute atomic E-state index is 0.0247. The van der Waals surface area contributed by atoms with Crippen LogP contribution in [-0.2, 0) is 15.6 Å². The van der Waals surface area contributed by atoms with Crippen molar-refractivity contribution in [2.45, 2.75) is 12.8 Å². The average molecular weight is 361 g/mol. The Hall–Kier alpha value is -3.29. The van der Waals surface area contributed by atoms with Crippen molar-refractivity contribution in [1.82, 2.24) is 5.06 Å². The quantitative estimate of drug-likeness (QED) is 0.766. The van der Waals surface area contributed by atoms with Gasteiger partial charge >= 0.3 is 11.9 Å². The molecule has 2 aromatic rings. The van der Waals surface area contributed by atoms with Gasteiger partial charge in [-0.25, -0.2) is 4.79 Å². The average Bonchev–Trinajstić information content (AvgIpc) is 2.87. The van der Waals surface area contributed by atoms with Crippen LogP contribution >= 0.6 is 0 Å². The number of rotatable bonds is 5. The lowest BCUT2D eigenvalue weighted by molar-refractivity contribution is -0.198. The number of hydrogen-bond donors (Lipinski definition) is 0. The van der Waals surface area contributed by atoms with Crippen molar-refractivity contribution in [3.63, 3.8) is 0 Å². The van der Waals surface area contributed by atoms with E-state index in [0.29, 0.717) is 0 Å². The second-order valence-corrected chi connectivity index (χ2v) is 5.33. The lowest BCUT2D eigenvalue weighted by Gasteiger charge is -2.20. The van der Waals surface area contributed by atoms with Gasteiger partial charge in [-0.05, 0) is 31.2 Å². The van der Waals surface area contributed by atoms with Gasteiger partial charge in [0.05, 0.1) is 23.3 Å². The summed E-state index contributed by atoms with van der Waals surface area (Å²) in [5.74, 6) is -8.33. The Kier molecular flexibility index (Phi) is 4.41. The second-order valence-electron chi connectivity index (χ2n) is 5.33. The van der Waals surface area contributed by atoms with Gasteiger partial charge in [0.1, 0.15) is 5.75 Å². The van der Waals surface area contributed by atoms with E-state index >= 15 is 0 Å². The molecule has 0 aromatic heterocycles. The minimum Gasteiger partial charge on any atom is -0.493 e. The largest absolute Gasteiger partial charge is 0.493 e. The van der Waals surface area contributed by atoms with E-state index in [1.807, 2.05) is 0 Å². The Bertz CT molecular complexity index is 862. The Balaban J connectivity index is 1.87. The van der Waals surface area contributed by atoms with E-state index in [-0.39, 0.29) is 28.5 Å². The number of imide groups is 1. The number of carbonyl (C=O) groups excluding carboxylic acids is 3. The summed E-state index contributed by atoms with van der Waals surface area (Å²) in [7, 11) is 0. The van der Waals surface area contributed by atoms with E-state index in [4.69, 9.17) is 4.74 Å². The smallest absolute Gasteiger partial charge is 0.407 e. The van der Waals surface area contributed by atoms with Crippen LogP contribution in [0.1, 0.15) is 33.2 Å². The lowest BCUT2D eigenvalue weighted by atomic mass is 10.1. The molecule has 3 rings (SSSR count). The maximum absolute atomic E-state index is 14.6. The van der Waals surface area contributed by atoms with Gasteiger partial charge in [0.2, 0.25) is 0 Å². The van der Waals surface area contributed by atoms with Crippen LogP contribution in [0.25, 0.3) is 0 Å². The molecule has 0 saturated heterocycles. The van der Waals surface area contributed by atoms with Gasteiger partial charge in [-0.2, -0.15) is 8.78 Å². The number of carbonyl (C=O) groups is 3. The fourth-order valence-electron chi connectivity index (χ4n) is 2.51. The molecule has 0 aliphatic carbocycles. The molecule has 8 heteroatoms. The van der Waals surface area contributed by atoms with Crippen LogP contribution in [0.2, 0.25) is 0 Å². The molecule has 134 valence electrons. The van der Waals surface area contributed by atoms with Crippen LogP contribution < -0.4 is 4.74 Å². The normalized spacial score (nSPS) is 13.6. The molecule has 0 atom stereocenters. The molecule has 2 aromatic carbocycles. The summed E-state index contributed by atoms with van der Waals surface area (Å²) in [6.45, 7) is 1.71. The molecule has 1 aliphatic heterocycles. The number of benzene rings is 2. The van der Waals surface area contributed by atoms with E-state index in [2.05, 4.69) is 4.84 Å². The number of ether oxygens (including phenoxy) is 1. The topological polar surface area (TPSA) is 72.9 Å². The summed E-state index contributed by atoms with van der Waals surface area (Å²) in [5, 5.41) is 0.0458. The molecule has 0 unspecified atom stereocenters. The third kappa shape index (κ3) is 2.79. The molecule has 0 N–H and O–H groups in total. The third-order valence-electron chi connectivity index (χ3n) is 3.71. The first-order valence-electron chi connectivity index (χ1n) is 7.68. The molecular formula is C18H13F2NO5. The van der Waals surface area contributed by atoms with Gasteiger partial charge in [-0.15, -0.1) is 0 Å². The Morgan fingerprint density at radius 2 is 1.54 bits per heavy atom. The maximum Gasteiger partial charge on any atom is 0.407 e. The fourth-order valence-corrected chi connectivity index (χ4v) is 2.51. The molecule has 1 heterocycles. The fraction of sp³-hybridized carbons (Fsp3) is 0.167. The first-order valence-corrected chi connectivity index (χ1v) is 7.68. The molecule has 1 aliphatic rings. The predicted octanol–water partition coefficient (Wildman–Crippen LogP) is 2.93. The van der Waals surface area contributed by atoms with Crippen molar-refractivity contribution in [3.05, 3.63) is 65.2 Å². The van der Waals surface area contributed by atoms with Crippen LogP contribution in [-0.4, -0.2) is 29.5 Å². The van der Waals surface area contributed by atoms with Gasteiger partial charge in [-0.1, -0.05) is 29.3 Å². The van der Waals surface area contributed by atoms with Gasteiger partial charge < -0.3 is 9.57 Å². The van der Waals surface area contributed by atoms with E-state index in [1.54, 1.807) is 6.92 Å². The molecule has 2 amide bonds. The number of hydroxylamine groups is 2. The highest BCUT2D eigenvalue weighted by Gasteiger charge is 2.49. The minimum atomic E-state index is -4.12. The van der Waals surface area contributed by atoms with Crippen molar-refractivity contribution in [2.24, 2.45) is 0 Å². The van der Waals surface area contributed by atoms with Crippen molar-refractivity contribution in [2.75, 3.05) is 6.61 Å². The van der Waals surface area contributed by atoms with Crippen LogP contribution in [0.4, 0.5) is 8.78 Å². The van der Waals surface area contributed by atoms with Gasteiger partial charge in [0.15, 0.2) is 0 Å². The van der Waals surface area contributed by atoms with Crippen LogP contribution in [0.5, 0.6) is 5.75 Å². The molecule has 0 spiro atoms. The van der Waals surface area contributed by atoms with Crippen molar-refractivity contribution in [3.8, 4) is 5.75 Å². The van der Waals surface area contributed by atoms with Crippen molar-refractivity contribution in [1.29, 1.82) is 0 Å². The highest BCUT2D eigenvalue weighted by Crippen LogP contribution is 2.37. The Morgan fingerprint density at radius 1 is 1.00 bits per heavy atom. The molecule has 0 saturated carbocycles. The summed E-state index contributed by atoms with van der Waals surface area (Å²) < 4.78 is 34.2. The SMILES string of the molecule is CCOc1ccccc1C(F)(F)C(=O)ON1C(=O)c2ccccc2C1=O.